The molecule has 0 aromatic rings. The van der Waals surface area contributed by atoms with Crippen LogP contribution in [0.2, 0.25) is 0 Å². The third-order valence-corrected chi connectivity index (χ3v) is 5.68. The Morgan fingerprint density at radius 3 is 2.53 bits per heavy atom. The van der Waals surface area contributed by atoms with Gasteiger partial charge in [0.15, 0.2) is 0 Å². The highest BCUT2D eigenvalue weighted by atomic mass is 32.2. The van der Waals surface area contributed by atoms with Crippen molar-refractivity contribution in [1.82, 2.24) is 4.90 Å². The standard InChI is InChI=1S/C11H22N2O3S/c12-10-11(2-8-17(14,15)9-3-11)13-4-1-6-16-7-5-13/h1-10,12H2. The van der Waals surface area contributed by atoms with E-state index in [1.807, 2.05) is 0 Å². The molecule has 2 aliphatic heterocycles. The molecule has 0 aliphatic carbocycles. The zero-order chi connectivity index (χ0) is 12.4. The highest BCUT2D eigenvalue weighted by Gasteiger charge is 2.40. The lowest BCUT2D eigenvalue weighted by Gasteiger charge is -2.45. The summed E-state index contributed by atoms with van der Waals surface area (Å²) in [6, 6.07) is 0. The van der Waals surface area contributed by atoms with Gasteiger partial charge in [0.05, 0.1) is 18.1 Å². The quantitative estimate of drug-likeness (QED) is 0.734. The van der Waals surface area contributed by atoms with Crippen molar-refractivity contribution >= 4 is 9.84 Å². The molecule has 0 aromatic carbocycles. The molecule has 2 aliphatic rings. The van der Waals surface area contributed by atoms with Gasteiger partial charge in [-0.3, -0.25) is 4.90 Å². The van der Waals surface area contributed by atoms with Gasteiger partial charge in [-0.25, -0.2) is 8.42 Å². The normalized spacial score (nSPS) is 29.7. The SMILES string of the molecule is NCC1(N2CCCOCC2)CCS(=O)(=O)CC1. The zero-order valence-corrected chi connectivity index (χ0v) is 11.0. The molecule has 0 atom stereocenters. The molecule has 100 valence electrons. The molecule has 5 nitrogen and oxygen atoms in total. The molecule has 0 unspecified atom stereocenters. The molecule has 2 N–H and O–H groups in total. The van der Waals surface area contributed by atoms with Crippen molar-refractivity contribution in [2.75, 3.05) is 44.4 Å². The summed E-state index contributed by atoms with van der Waals surface area (Å²) >= 11 is 0. The van der Waals surface area contributed by atoms with Crippen LogP contribution < -0.4 is 5.73 Å². The third kappa shape index (κ3) is 2.99. The summed E-state index contributed by atoms with van der Waals surface area (Å²) in [6.45, 7) is 3.92. The van der Waals surface area contributed by atoms with Gasteiger partial charge in [-0.05, 0) is 19.3 Å². The maximum absolute atomic E-state index is 11.5. The number of nitrogens with two attached hydrogens (primary N) is 1. The Morgan fingerprint density at radius 1 is 1.18 bits per heavy atom. The van der Waals surface area contributed by atoms with E-state index in [0.29, 0.717) is 19.4 Å². The van der Waals surface area contributed by atoms with Gasteiger partial charge in [0, 0.05) is 31.8 Å². The maximum Gasteiger partial charge on any atom is 0.150 e. The molecule has 2 saturated heterocycles. The van der Waals surface area contributed by atoms with E-state index in [1.54, 1.807) is 0 Å². The highest BCUT2D eigenvalue weighted by Crippen LogP contribution is 2.30. The Bertz CT molecular complexity index is 334. The Morgan fingerprint density at radius 2 is 1.88 bits per heavy atom. The van der Waals surface area contributed by atoms with Gasteiger partial charge in [-0.2, -0.15) is 0 Å². The highest BCUT2D eigenvalue weighted by molar-refractivity contribution is 7.91. The Kier molecular flexibility index (Phi) is 4.07. The molecule has 6 heteroatoms. The summed E-state index contributed by atoms with van der Waals surface area (Å²) in [4.78, 5) is 2.36. The van der Waals surface area contributed by atoms with Crippen LogP contribution in [-0.4, -0.2) is 63.2 Å². The van der Waals surface area contributed by atoms with Gasteiger partial charge in [0.25, 0.3) is 0 Å². The van der Waals surface area contributed by atoms with E-state index < -0.39 is 9.84 Å². The lowest BCUT2D eigenvalue weighted by atomic mass is 9.89. The van der Waals surface area contributed by atoms with Crippen LogP contribution in [0.3, 0.4) is 0 Å². The second-order valence-electron chi connectivity index (χ2n) is 5.03. The van der Waals surface area contributed by atoms with Crippen LogP contribution in [0.25, 0.3) is 0 Å². The summed E-state index contributed by atoms with van der Waals surface area (Å²) in [5.74, 6) is 0.559. The van der Waals surface area contributed by atoms with E-state index in [1.165, 1.54) is 0 Å². The van der Waals surface area contributed by atoms with Crippen molar-refractivity contribution in [2.45, 2.75) is 24.8 Å². The first-order valence-electron chi connectivity index (χ1n) is 6.31. The minimum Gasteiger partial charge on any atom is -0.380 e. The van der Waals surface area contributed by atoms with E-state index in [2.05, 4.69) is 4.90 Å². The molecular weight excluding hydrogens is 240 g/mol. The van der Waals surface area contributed by atoms with Gasteiger partial charge >= 0.3 is 0 Å². The lowest BCUT2D eigenvalue weighted by Crippen LogP contribution is -2.58. The van der Waals surface area contributed by atoms with Crippen molar-refractivity contribution in [2.24, 2.45) is 5.73 Å². The number of sulfone groups is 1. The van der Waals surface area contributed by atoms with Crippen LogP contribution >= 0.6 is 0 Å². The first-order valence-corrected chi connectivity index (χ1v) is 8.13. The summed E-state index contributed by atoms with van der Waals surface area (Å²) in [6.07, 6.45) is 2.35. The van der Waals surface area contributed by atoms with E-state index in [9.17, 15) is 8.42 Å². The molecule has 0 bridgehead atoms. The van der Waals surface area contributed by atoms with E-state index in [-0.39, 0.29) is 17.0 Å². The van der Waals surface area contributed by atoms with Crippen molar-refractivity contribution in [1.29, 1.82) is 0 Å². The topological polar surface area (TPSA) is 72.6 Å². The minimum absolute atomic E-state index is 0.112. The van der Waals surface area contributed by atoms with Crippen LogP contribution in [0.5, 0.6) is 0 Å². The van der Waals surface area contributed by atoms with Gasteiger partial charge in [-0.15, -0.1) is 0 Å². The third-order valence-electron chi connectivity index (χ3n) is 4.03. The Labute approximate surface area is 103 Å². The number of ether oxygens (including phenoxy) is 1. The zero-order valence-electron chi connectivity index (χ0n) is 10.2. The predicted molar refractivity (Wildman–Crippen MR) is 66.7 cm³/mol. The summed E-state index contributed by atoms with van der Waals surface area (Å²) in [5.41, 5.74) is 5.82. The average Bonchev–Trinajstić information content (AvgIpc) is 2.59. The van der Waals surface area contributed by atoms with E-state index >= 15 is 0 Å². The first-order chi connectivity index (χ1) is 8.08. The smallest absolute Gasteiger partial charge is 0.150 e. The van der Waals surface area contributed by atoms with E-state index in [0.717, 1.165) is 32.7 Å². The van der Waals surface area contributed by atoms with E-state index in [4.69, 9.17) is 10.5 Å². The number of nitrogens with zero attached hydrogens (tertiary/aromatic N) is 1. The van der Waals surface area contributed by atoms with Crippen LogP contribution in [0.4, 0.5) is 0 Å². The molecule has 2 heterocycles. The molecule has 0 aromatic heterocycles. The number of rotatable bonds is 2. The van der Waals surface area contributed by atoms with Gasteiger partial charge < -0.3 is 10.5 Å². The molecule has 0 radical (unpaired) electrons. The molecule has 2 fully saturated rings. The summed E-state index contributed by atoms with van der Waals surface area (Å²) in [7, 11) is -2.83. The number of hydrogen-bond acceptors (Lipinski definition) is 5. The summed E-state index contributed by atoms with van der Waals surface area (Å²) in [5, 5.41) is 0. The summed E-state index contributed by atoms with van der Waals surface area (Å²) < 4.78 is 28.5. The minimum atomic E-state index is -2.83. The number of hydrogen-bond donors (Lipinski definition) is 1. The van der Waals surface area contributed by atoms with Gasteiger partial charge in [-0.1, -0.05) is 0 Å². The van der Waals surface area contributed by atoms with Crippen LogP contribution in [-0.2, 0) is 14.6 Å². The average molecular weight is 262 g/mol. The molecule has 0 saturated carbocycles. The molecule has 17 heavy (non-hydrogen) atoms. The van der Waals surface area contributed by atoms with Gasteiger partial charge in [0.2, 0.25) is 0 Å². The largest absolute Gasteiger partial charge is 0.380 e. The van der Waals surface area contributed by atoms with Crippen molar-refractivity contribution < 1.29 is 13.2 Å². The van der Waals surface area contributed by atoms with Crippen molar-refractivity contribution in [3.05, 3.63) is 0 Å². The fourth-order valence-corrected chi connectivity index (χ4v) is 4.37. The second-order valence-corrected chi connectivity index (χ2v) is 7.34. The molecule has 0 spiro atoms. The molecular formula is C11H22N2O3S. The van der Waals surface area contributed by atoms with Gasteiger partial charge in [0.1, 0.15) is 9.84 Å². The fourth-order valence-electron chi connectivity index (χ4n) is 2.79. The Hall–Kier alpha value is -0.170. The lowest BCUT2D eigenvalue weighted by molar-refractivity contribution is 0.0739. The van der Waals surface area contributed by atoms with Crippen LogP contribution in [0, 0.1) is 0 Å². The molecule has 0 amide bonds. The predicted octanol–water partition coefficient (Wildman–Crippen LogP) is -0.385. The fraction of sp³-hybridized carbons (Fsp3) is 1.00. The van der Waals surface area contributed by atoms with Crippen LogP contribution in [0.15, 0.2) is 0 Å². The molecule has 2 rings (SSSR count). The van der Waals surface area contributed by atoms with Crippen LogP contribution in [0.1, 0.15) is 19.3 Å². The maximum atomic E-state index is 11.5. The van der Waals surface area contributed by atoms with Crippen molar-refractivity contribution in [3.63, 3.8) is 0 Å². The van der Waals surface area contributed by atoms with Crippen molar-refractivity contribution in [3.8, 4) is 0 Å². The Balaban J connectivity index is 2.08. The monoisotopic (exact) mass is 262 g/mol. The second kappa shape index (κ2) is 5.22. The first kappa shape index (κ1) is 13.3.